The van der Waals surface area contributed by atoms with Crippen LogP contribution in [0.4, 0.5) is 0 Å². The van der Waals surface area contributed by atoms with Crippen LogP contribution in [0, 0.1) is 0 Å². The first-order valence-corrected chi connectivity index (χ1v) is 8.15. The van der Waals surface area contributed by atoms with Crippen LogP contribution in [-0.2, 0) is 9.53 Å². The number of carbonyl (C=O) groups is 2. The summed E-state index contributed by atoms with van der Waals surface area (Å²) in [4.78, 5) is 25.1. The van der Waals surface area contributed by atoms with E-state index in [4.69, 9.17) is 14.2 Å². The number of thiophene rings is 1. The number of hydrogen-bond acceptors (Lipinski definition) is 6. The van der Waals surface area contributed by atoms with Gasteiger partial charge in [-0.1, -0.05) is 12.1 Å². The summed E-state index contributed by atoms with van der Waals surface area (Å²) >= 11 is 1.55. The lowest BCUT2D eigenvalue weighted by Crippen LogP contribution is -2.30. The number of para-hydroxylation sites is 1. The van der Waals surface area contributed by atoms with Gasteiger partial charge >= 0.3 is 5.97 Å². The quantitative estimate of drug-likeness (QED) is 0.778. The Morgan fingerprint density at radius 1 is 1.17 bits per heavy atom. The molecule has 1 aromatic heterocycles. The number of ether oxygens (including phenoxy) is 3. The van der Waals surface area contributed by atoms with Crippen LogP contribution >= 0.6 is 11.3 Å². The Labute approximate surface area is 144 Å². The summed E-state index contributed by atoms with van der Waals surface area (Å²) in [6.07, 6.45) is 0. The largest absolute Gasteiger partial charge is 0.493 e. The minimum atomic E-state index is -0.648. The summed E-state index contributed by atoms with van der Waals surface area (Å²) in [7, 11) is 2.91. The molecule has 1 heterocycles. The van der Waals surface area contributed by atoms with E-state index in [0.717, 1.165) is 4.88 Å². The average Bonchev–Trinajstić information content (AvgIpc) is 3.13. The summed E-state index contributed by atoms with van der Waals surface area (Å²) in [5.41, 5.74) is 0.205. The van der Waals surface area contributed by atoms with Crippen LogP contribution in [0.2, 0.25) is 0 Å². The third kappa shape index (κ3) is 4.26. The van der Waals surface area contributed by atoms with E-state index in [1.165, 1.54) is 14.2 Å². The summed E-state index contributed by atoms with van der Waals surface area (Å²) in [6.45, 7) is 1.51. The number of carbonyl (C=O) groups excluding carboxylic acids is 2. The second kappa shape index (κ2) is 8.35. The topological polar surface area (TPSA) is 73.9 Å². The number of methoxy groups -OCH3 is 2. The molecule has 128 valence electrons. The fourth-order valence-electron chi connectivity index (χ4n) is 2.15. The Morgan fingerprint density at radius 3 is 2.58 bits per heavy atom. The van der Waals surface area contributed by atoms with Crippen LogP contribution in [0.5, 0.6) is 11.5 Å². The van der Waals surface area contributed by atoms with Crippen LogP contribution in [0.3, 0.4) is 0 Å². The van der Waals surface area contributed by atoms with Crippen LogP contribution in [0.15, 0.2) is 35.7 Å². The SMILES string of the molecule is COc1cccc(C(=O)OCC(=O)N[C@@H](C)c2cccs2)c1OC. The van der Waals surface area contributed by atoms with Gasteiger partial charge in [-0.3, -0.25) is 4.79 Å². The predicted molar refractivity (Wildman–Crippen MR) is 90.7 cm³/mol. The lowest BCUT2D eigenvalue weighted by molar-refractivity contribution is -0.124. The lowest BCUT2D eigenvalue weighted by Gasteiger charge is -2.14. The molecule has 1 N–H and O–H groups in total. The molecular formula is C17H19NO5S. The predicted octanol–water partition coefficient (Wildman–Crippen LogP) is 2.80. The van der Waals surface area contributed by atoms with Crippen molar-refractivity contribution in [2.75, 3.05) is 20.8 Å². The summed E-state index contributed by atoms with van der Waals surface area (Å²) < 4.78 is 15.4. The third-order valence-corrected chi connectivity index (χ3v) is 4.36. The molecule has 0 aliphatic rings. The molecule has 24 heavy (non-hydrogen) atoms. The molecule has 0 fully saturated rings. The van der Waals surface area contributed by atoms with E-state index < -0.39 is 5.97 Å². The van der Waals surface area contributed by atoms with Gasteiger partial charge in [-0.05, 0) is 30.5 Å². The highest BCUT2D eigenvalue weighted by molar-refractivity contribution is 7.10. The van der Waals surface area contributed by atoms with Gasteiger partial charge in [0.2, 0.25) is 0 Å². The maximum absolute atomic E-state index is 12.2. The standard InChI is InChI=1S/C17H19NO5S/c1-11(14-8-5-9-24-14)18-15(19)10-23-17(20)12-6-4-7-13(21-2)16(12)22-3/h4-9,11H,10H2,1-3H3,(H,18,19)/t11-/m0/s1. The highest BCUT2D eigenvalue weighted by atomic mass is 32.1. The van der Waals surface area contributed by atoms with Gasteiger partial charge in [-0.25, -0.2) is 4.79 Å². The van der Waals surface area contributed by atoms with Crippen LogP contribution in [0.25, 0.3) is 0 Å². The van der Waals surface area contributed by atoms with Crippen LogP contribution in [0.1, 0.15) is 28.2 Å². The third-order valence-electron chi connectivity index (χ3n) is 3.30. The van der Waals surface area contributed by atoms with Crippen molar-refractivity contribution in [3.05, 3.63) is 46.2 Å². The normalized spacial score (nSPS) is 11.5. The maximum Gasteiger partial charge on any atom is 0.342 e. The zero-order valence-corrected chi connectivity index (χ0v) is 14.5. The van der Waals surface area contributed by atoms with E-state index in [0.29, 0.717) is 5.75 Å². The molecule has 0 saturated heterocycles. The highest BCUT2D eigenvalue weighted by Gasteiger charge is 2.19. The second-order valence-electron chi connectivity index (χ2n) is 4.92. The Balaban J connectivity index is 1.94. The number of amides is 1. The van der Waals surface area contributed by atoms with Crippen molar-refractivity contribution in [3.63, 3.8) is 0 Å². The summed E-state index contributed by atoms with van der Waals surface area (Å²) in [5, 5.41) is 4.72. The van der Waals surface area contributed by atoms with Crippen molar-refractivity contribution < 1.29 is 23.8 Å². The first-order valence-electron chi connectivity index (χ1n) is 7.27. The summed E-state index contributed by atoms with van der Waals surface area (Å²) in [6, 6.07) is 8.58. The molecule has 1 atom stereocenters. The number of rotatable bonds is 7. The Kier molecular flexibility index (Phi) is 6.20. The van der Waals surface area contributed by atoms with Gasteiger partial charge in [0.15, 0.2) is 18.1 Å². The Bertz CT molecular complexity index is 699. The van der Waals surface area contributed by atoms with Crippen molar-refractivity contribution in [2.24, 2.45) is 0 Å². The van der Waals surface area contributed by atoms with Crippen LogP contribution < -0.4 is 14.8 Å². The van der Waals surface area contributed by atoms with Gasteiger partial charge in [0.25, 0.3) is 5.91 Å². The van der Waals surface area contributed by atoms with Gasteiger partial charge < -0.3 is 19.5 Å². The van der Waals surface area contributed by atoms with Crippen molar-refractivity contribution in [2.45, 2.75) is 13.0 Å². The van der Waals surface area contributed by atoms with Gasteiger partial charge in [0.1, 0.15) is 5.56 Å². The van der Waals surface area contributed by atoms with Gasteiger partial charge in [0, 0.05) is 4.88 Å². The molecule has 0 unspecified atom stereocenters. The molecule has 7 heteroatoms. The molecule has 0 radical (unpaired) electrons. The van der Waals surface area contributed by atoms with Gasteiger partial charge in [-0.2, -0.15) is 0 Å². The summed E-state index contributed by atoms with van der Waals surface area (Å²) in [5.74, 6) is -0.323. The molecule has 1 amide bonds. The number of esters is 1. The fourth-order valence-corrected chi connectivity index (χ4v) is 2.88. The van der Waals surface area contributed by atoms with Crippen molar-refractivity contribution in [1.29, 1.82) is 0 Å². The molecule has 0 spiro atoms. The molecular weight excluding hydrogens is 330 g/mol. The molecule has 0 saturated carbocycles. The van der Waals surface area contributed by atoms with Crippen molar-refractivity contribution in [1.82, 2.24) is 5.32 Å². The van der Waals surface area contributed by atoms with E-state index >= 15 is 0 Å². The van der Waals surface area contributed by atoms with Gasteiger partial charge in [0.05, 0.1) is 20.3 Å². The fraction of sp³-hybridized carbons (Fsp3) is 0.294. The van der Waals surface area contributed by atoms with E-state index in [1.807, 2.05) is 24.4 Å². The zero-order valence-electron chi connectivity index (χ0n) is 13.7. The number of nitrogens with one attached hydrogen (secondary N) is 1. The second-order valence-corrected chi connectivity index (χ2v) is 5.90. The molecule has 1 aromatic carbocycles. The Hall–Kier alpha value is -2.54. The van der Waals surface area contributed by atoms with E-state index in [1.54, 1.807) is 29.5 Å². The lowest BCUT2D eigenvalue weighted by atomic mass is 10.2. The molecule has 2 aromatic rings. The molecule has 0 bridgehead atoms. The van der Waals surface area contributed by atoms with Gasteiger partial charge in [-0.15, -0.1) is 11.3 Å². The monoisotopic (exact) mass is 349 g/mol. The van der Waals surface area contributed by atoms with E-state index in [-0.39, 0.29) is 29.9 Å². The van der Waals surface area contributed by atoms with E-state index in [2.05, 4.69) is 5.32 Å². The highest BCUT2D eigenvalue weighted by Crippen LogP contribution is 2.31. The first-order chi connectivity index (χ1) is 11.6. The molecule has 0 aliphatic heterocycles. The average molecular weight is 349 g/mol. The molecule has 6 nitrogen and oxygen atoms in total. The zero-order chi connectivity index (χ0) is 17.5. The minimum absolute atomic E-state index is 0.137. The number of hydrogen-bond donors (Lipinski definition) is 1. The minimum Gasteiger partial charge on any atom is -0.493 e. The molecule has 2 rings (SSSR count). The van der Waals surface area contributed by atoms with E-state index in [9.17, 15) is 9.59 Å². The number of benzene rings is 1. The van der Waals surface area contributed by atoms with Crippen molar-refractivity contribution >= 4 is 23.2 Å². The Morgan fingerprint density at radius 2 is 1.96 bits per heavy atom. The first kappa shape index (κ1) is 17.8. The molecule has 0 aliphatic carbocycles. The van der Waals surface area contributed by atoms with Crippen molar-refractivity contribution in [3.8, 4) is 11.5 Å². The smallest absolute Gasteiger partial charge is 0.342 e. The maximum atomic E-state index is 12.2. The van der Waals surface area contributed by atoms with Crippen LogP contribution in [-0.4, -0.2) is 32.7 Å².